The largest absolute Gasteiger partial charge is 0.481 e. The first-order chi connectivity index (χ1) is 13.3. The Balaban J connectivity index is 1.62. The number of anilines is 1. The van der Waals surface area contributed by atoms with Gasteiger partial charge in [0.2, 0.25) is 11.8 Å². The van der Waals surface area contributed by atoms with Crippen LogP contribution in [0.4, 0.5) is 14.5 Å². The number of nitrogens with one attached hydrogen (secondary N) is 1. The molecule has 0 spiro atoms. The van der Waals surface area contributed by atoms with Gasteiger partial charge in [0.1, 0.15) is 11.8 Å². The van der Waals surface area contributed by atoms with Crippen LogP contribution < -0.4 is 15.0 Å². The van der Waals surface area contributed by atoms with Gasteiger partial charge in [0, 0.05) is 18.7 Å². The van der Waals surface area contributed by atoms with Crippen molar-refractivity contribution in [3.05, 3.63) is 24.3 Å². The lowest BCUT2D eigenvalue weighted by Crippen LogP contribution is -2.53. The zero-order valence-electron chi connectivity index (χ0n) is 15.2. The fraction of sp³-hybridized carbons (Fsp3) is 0.526. The molecule has 2 aliphatic rings. The molecule has 1 saturated carbocycles. The molecule has 28 heavy (non-hydrogen) atoms. The monoisotopic (exact) mass is 396 g/mol. The van der Waals surface area contributed by atoms with Crippen molar-refractivity contribution in [3.63, 3.8) is 0 Å². The van der Waals surface area contributed by atoms with Gasteiger partial charge in [-0.15, -0.1) is 0 Å². The van der Waals surface area contributed by atoms with Crippen LogP contribution in [0.5, 0.6) is 5.75 Å². The first kappa shape index (κ1) is 20.0. The van der Waals surface area contributed by atoms with Gasteiger partial charge in [0.05, 0.1) is 5.41 Å². The maximum atomic E-state index is 12.8. The number of carbonyl (C=O) groups excluding carboxylic acids is 2. The van der Waals surface area contributed by atoms with Gasteiger partial charge in [0.25, 0.3) is 0 Å². The van der Waals surface area contributed by atoms with Crippen LogP contribution >= 0.6 is 0 Å². The number of aliphatic carboxylic acids is 1. The lowest BCUT2D eigenvalue weighted by Gasteiger charge is -2.38. The van der Waals surface area contributed by atoms with E-state index in [9.17, 15) is 28.3 Å². The maximum Gasteiger partial charge on any atom is 0.387 e. The van der Waals surface area contributed by atoms with Gasteiger partial charge in [-0.05, 0) is 49.9 Å². The minimum Gasteiger partial charge on any atom is -0.481 e. The van der Waals surface area contributed by atoms with Crippen molar-refractivity contribution in [2.24, 2.45) is 5.41 Å². The number of piperidine rings is 1. The van der Waals surface area contributed by atoms with Crippen molar-refractivity contribution in [1.29, 1.82) is 0 Å². The van der Waals surface area contributed by atoms with Crippen LogP contribution in [0.15, 0.2) is 24.3 Å². The van der Waals surface area contributed by atoms with E-state index in [0.717, 1.165) is 6.42 Å². The standard InChI is InChI=1S/C19H22F2N2O5/c20-18(21)28-13-6-4-12(5-7-13)23-10-1-3-14(16(23)25)22-15(24)11-19(17(26)27)8-2-9-19/h4-7,14,18H,1-3,8-11H2,(H,22,24)(H,26,27). The Labute approximate surface area is 160 Å². The second-order valence-electron chi connectivity index (χ2n) is 7.24. The van der Waals surface area contributed by atoms with Gasteiger partial charge in [0.15, 0.2) is 0 Å². The fourth-order valence-corrected chi connectivity index (χ4v) is 3.70. The smallest absolute Gasteiger partial charge is 0.387 e. The molecule has 0 aromatic heterocycles. The minimum absolute atomic E-state index is 0.00692. The van der Waals surface area contributed by atoms with E-state index in [4.69, 9.17) is 0 Å². The molecule has 3 rings (SSSR count). The number of hydrogen-bond acceptors (Lipinski definition) is 4. The molecule has 9 heteroatoms. The molecular formula is C19H22F2N2O5. The summed E-state index contributed by atoms with van der Waals surface area (Å²) < 4.78 is 28.8. The van der Waals surface area contributed by atoms with E-state index in [0.29, 0.717) is 37.9 Å². The Kier molecular flexibility index (Phi) is 5.81. The lowest BCUT2D eigenvalue weighted by atomic mass is 9.66. The molecule has 152 valence electrons. The first-order valence-electron chi connectivity index (χ1n) is 9.20. The van der Waals surface area contributed by atoms with E-state index in [-0.39, 0.29) is 18.1 Å². The topological polar surface area (TPSA) is 95.9 Å². The molecule has 1 aliphatic heterocycles. The van der Waals surface area contributed by atoms with Gasteiger partial charge in [-0.25, -0.2) is 0 Å². The molecule has 0 bridgehead atoms. The highest BCUT2D eigenvalue weighted by Crippen LogP contribution is 2.44. The number of rotatable bonds is 7. The van der Waals surface area contributed by atoms with Gasteiger partial charge in [-0.1, -0.05) is 6.42 Å². The summed E-state index contributed by atoms with van der Waals surface area (Å²) in [7, 11) is 0. The summed E-state index contributed by atoms with van der Waals surface area (Å²) in [5.74, 6) is -1.73. The number of amides is 2. The van der Waals surface area contributed by atoms with Gasteiger partial charge in [-0.3, -0.25) is 14.4 Å². The van der Waals surface area contributed by atoms with Crippen LogP contribution in [0, 0.1) is 5.41 Å². The molecule has 2 fully saturated rings. The molecule has 1 saturated heterocycles. The van der Waals surface area contributed by atoms with Crippen LogP contribution in [0.2, 0.25) is 0 Å². The summed E-state index contributed by atoms with van der Waals surface area (Å²) in [4.78, 5) is 38.0. The van der Waals surface area contributed by atoms with Crippen LogP contribution in [0.1, 0.15) is 38.5 Å². The van der Waals surface area contributed by atoms with E-state index in [1.807, 2.05) is 0 Å². The average molecular weight is 396 g/mol. The SMILES string of the molecule is O=C(CC1(C(=O)O)CCC1)NC1CCCN(c2ccc(OC(F)F)cc2)C1=O. The first-order valence-corrected chi connectivity index (χ1v) is 9.20. The third-order valence-corrected chi connectivity index (χ3v) is 5.41. The minimum atomic E-state index is -2.92. The number of carboxylic acid groups (broad SMARTS) is 1. The summed E-state index contributed by atoms with van der Waals surface area (Å²) in [6, 6.07) is 4.99. The van der Waals surface area contributed by atoms with E-state index in [2.05, 4.69) is 10.1 Å². The summed E-state index contributed by atoms with van der Waals surface area (Å²) in [6.07, 6.45) is 2.69. The van der Waals surface area contributed by atoms with Crippen molar-refractivity contribution >= 4 is 23.5 Å². The number of nitrogens with zero attached hydrogens (tertiary/aromatic N) is 1. The Morgan fingerprint density at radius 3 is 2.46 bits per heavy atom. The van der Waals surface area contributed by atoms with Crippen molar-refractivity contribution in [2.45, 2.75) is 51.2 Å². The van der Waals surface area contributed by atoms with E-state index < -0.39 is 29.9 Å². The predicted octanol–water partition coefficient (Wildman–Crippen LogP) is 2.54. The van der Waals surface area contributed by atoms with Crippen molar-refractivity contribution in [1.82, 2.24) is 5.32 Å². The fourth-order valence-electron chi connectivity index (χ4n) is 3.70. The second kappa shape index (κ2) is 8.12. The Hall–Kier alpha value is -2.71. The highest BCUT2D eigenvalue weighted by molar-refractivity contribution is 6.00. The lowest BCUT2D eigenvalue weighted by molar-refractivity contribution is -0.157. The van der Waals surface area contributed by atoms with Crippen LogP contribution in [0.3, 0.4) is 0 Å². The summed E-state index contributed by atoms with van der Waals surface area (Å²) in [6.45, 7) is -2.48. The predicted molar refractivity (Wildman–Crippen MR) is 95.1 cm³/mol. The Bertz CT molecular complexity index is 749. The van der Waals surface area contributed by atoms with E-state index in [1.54, 1.807) is 0 Å². The highest BCUT2D eigenvalue weighted by Gasteiger charge is 2.46. The van der Waals surface area contributed by atoms with Crippen LogP contribution in [0.25, 0.3) is 0 Å². The van der Waals surface area contributed by atoms with E-state index in [1.165, 1.54) is 29.2 Å². The zero-order chi connectivity index (χ0) is 20.3. The van der Waals surface area contributed by atoms with Crippen molar-refractivity contribution in [2.75, 3.05) is 11.4 Å². The van der Waals surface area contributed by atoms with E-state index >= 15 is 0 Å². The molecule has 2 N–H and O–H groups in total. The quantitative estimate of drug-likeness (QED) is 0.739. The molecule has 2 amide bonds. The number of benzene rings is 1. The van der Waals surface area contributed by atoms with Crippen LogP contribution in [-0.2, 0) is 14.4 Å². The van der Waals surface area contributed by atoms with Crippen molar-refractivity contribution in [3.8, 4) is 5.75 Å². The molecule has 1 atom stereocenters. The Morgan fingerprint density at radius 2 is 1.93 bits per heavy atom. The molecule has 0 radical (unpaired) electrons. The number of carbonyl (C=O) groups is 3. The van der Waals surface area contributed by atoms with Crippen LogP contribution in [-0.4, -0.2) is 42.1 Å². The normalized spacial score (nSPS) is 21.2. The molecule has 1 aromatic rings. The summed E-state index contributed by atoms with van der Waals surface area (Å²) in [5, 5.41) is 12.0. The number of alkyl halides is 2. The second-order valence-corrected chi connectivity index (χ2v) is 7.24. The summed E-state index contributed by atoms with van der Waals surface area (Å²) >= 11 is 0. The number of carboxylic acids is 1. The third-order valence-electron chi connectivity index (χ3n) is 5.41. The van der Waals surface area contributed by atoms with Crippen molar-refractivity contribution < 1.29 is 33.0 Å². The average Bonchev–Trinajstić information content (AvgIpc) is 2.60. The molecule has 7 nitrogen and oxygen atoms in total. The molecule has 1 aliphatic carbocycles. The zero-order valence-corrected chi connectivity index (χ0v) is 15.2. The molecule has 1 unspecified atom stereocenters. The number of halogens is 2. The van der Waals surface area contributed by atoms with Gasteiger partial charge in [-0.2, -0.15) is 8.78 Å². The number of ether oxygens (including phenoxy) is 1. The third kappa shape index (κ3) is 4.23. The van der Waals surface area contributed by atoms with Gasteiger partial charge < -0.3 is 20.1 Å². The highest BCUT2D eigenvalue weighted by atomic mass is 19.3. The molecular weight excluding hydrogens is 374 g/mol. The molecule has 1 aromatic carbocycles. The van der Waals surface area contributed by atoms with Gasteiger partial charge >= 0.3 is 12.6 Å². The number of hydrogen-bond donors (Lipinski definition) is 2. The maximum absolute atomic E-state index is 12.8. The molecule has 1 heterocycles. The summed E-state index contributed by atoms with van der Waals surface area (Å²) in [5.41, 5.74) is -0.492. The Morgan fingerprint density at radius 1 is 1.25 bits per heavy atom.